The lowest BCUT2D eigenvalue weighted by atomic mass is 10.1. The predicted octanol–water partition coefficient (Wildman–Crippen LogP) is 2.92. The van der Waals surface area contributed by atoms with Gasteiger partial charge in [0.2, 0.25) is 0 Å². The Bertz CT molecular complexity index is 883. The molecular weight excluding hydrogens is 292 g/mol. The Hall–Kier alpha value is -2.89. The Morgan fingerprint density at radius 2 is 2.17 bits per heavy atom. The molecule has 2 aromatic heterocycles. The highest BCUT2D eigenvalue weighted by atomic mass is 16.4. The molecule has 1 fully saturated rings. The van der Waals surface area contributed by atoms with Gasteiger partial charge in [0.15, 0.2) is 5.65 Å². The van der Waals surface area contributed by atoms with Crippen LogP contribution < -0.4 is 5.32 Å². The summed E-state index contributed by atoms with van der Waals surface area (Å²) < 4.78 is 1.75. The number of nitrogens with zero attached hydrogens (tertiary/aromatic N) is 3. The zero-order chi connectivity index (χ0) is 15.8. The van der Waals surface area contributed by atoms with E-state index in [4.69, 9.17) is 5.11 Å². The number of carbonyl (C=O) groups is 1. The fraction of sp³-hybridized carbons (Fsp3) is 0.235. The van der Waals surface area contributed by atoms with Gasteiger partial charge >= 0.3 is 5.97 Å². The molecule has 6 heteroatoms. The normalized spacial score (nSPS) is 14.1. The van der Waals surface area contributed by atoms with Gasteiger partial charge in [0, 0.05) is 12.1 Å². The minimum absolute atomic E-state index is 0.250. The molecule has 0 amide bonds. The second kappa shape index (κ2) is 5.39. The van der Waals surface area contributed by atoms with Crippen molar-refractivity contribution in [1.82, 2.24) is 14.6 Å². The Balaban J connectivity index is 1.72. The van der Waals surface area contributed by atoms with Gasteiger partial charge in [0.05, 0.1) is 17.5 Å². The van der Waals surface area contributed by atoms with Crippen molar-refractivity contribution in [1.29, 1.82) is 0 Å². The van der Waals surface area contributed by atoms with Crippen molar-refractivity contribution >= 4 is 17.4 Å². The standard InChI is InChI=1S/C17H16N4O2/c22-17(23)13-3-1-2-12(8-13)14-10-19-16-7-6-15(20-21(14)16)18-9-11-4-5-11/h1-3,6-8,10-11H,4-5,9H2,(H,18,20)(H,22,23). The van der Waals surface area contributed by atoms with E-state index in [-0.39, 0.29) is 5.56 Å². The SMILES string of the molecule is O=C(O)c1cccc(-c2cnc3ccc(NCC4CC4)nn23)c1. The summed E-state index contributed by atoms with van der Waals surface area (Å²) >= 11 is 0. The van der Waals surface area contributed by atoms with Crippen LogP contribution >= 0.6 is 0 Å². The Morgan fingerprint density at radius 3 is 2.96 bits per heavy atom. The van der Waals surface area contributed by atoms with Crippen LogP contribution in [0.4, 0.5) is 5.82 Å². The van der Waals surface area contributed by atoms with Gasteiger partial charge in [-0.15, -0.1) is 5.10 Å². The number of fused-ring (bicyclic) bond motifs is 1. The number of rotatable bonds is 5. The molecule has 0 saturated heterocycles. The quantitative estimate of drug-likeness (QED) is 0.757. The summed E-state index contributed by atoms with van der Waals surface area (Å²) in [5.74, 6) is 0.625. The zero-order valence-electron chi connectivity index (χ0n) is 12.4. The number of benzene rings is 1. The molecule has 0 aliphatic heterocycles. The molecule has 1 aromatic carbocycles. The third-order valence-electron chi connectivity index (χ3n) is 4.04. The molecule has 23 heavy (non-hydrogen) atoms. The lowest BCUT2D eigenvalue weighted by molar-refractivity contribution is 0.0697. The smallest absolute Gasteiger partial charge is 0.335 e. The molecule has 1 aliphatic rings. The van der Waals surface area contributed by atoms with Crippen LogP contribution in [-0.2, 0) is 0 Å². The van der Waals surface area contributed by atoms with Gasteiger partial charge in [0.1, 0.15) is 5.82 Å². The zero-order valence-corrected chi connectivity index (χ0v) is 12.4. The van der Waals surface area contributed by atoms with E-state index in [1.165, 1.54) is 12.8 Å². The van der Waals surface area contributed by atoms with Crippen molar-refractivity contribution in [2.24, 2.45) is 5.92 Å². The van der Waals surface area contributed by atoms with Gasteiger partial charge in [-0.25, -0.2) is 14.3 Å². The van der Waals surface area contributed by atoms with Gasteiger partial charge in [-0.2, -0.15) is 0 Å². The van der Waals surface area contributed by atoms with Crippen molar-refractivity contribution in [2.45, 2.75) is 12.8 Å². The molecule has 1 saturated carbocycles. The highest BCUT2D eigenvalue weighted by Gasteiger charge is 2.20. The average molecular weight is 308 g/mol. The summed E-state index contributed by atoms with van der Waals surface area (Å²) in [7, 11) is 0. The maximum absolute atomic E-state index is 11.1. The number of hydrogen-bond donors (Lipinski definition) is 2. The summed E-state index contributed by atoms with van der Waals surface area (Å²) in [5.41, 5.74) is 2.54. The molecule has 2 N–H and O–H groups in total. The number of hydrogen-bond acceptors (Lipinski definition) is 4. The lowest BCUT2D eigenvalue weighted by Gasteiger charge is -2.06. The second-order valence-electron chi connectivity index (χ2n) is 5.84. The van der Waals surface area contributed by atoms with E-state index in [1.54, 1.807) is 28.9 Å². The summed E-state index contributed by atoms with van der Waals surface area (Å²) in [6, 6.07) is 10.6. The molecular formula is C17H16N4O2. The topological polar surface area (TPSA) is 79.5 Å². The molecule has 3 aromatic rings. The van der Waals surface area contributed by atoms with Gasteiger partial charge in [-0.1, -0.05) is 12.1 Å². The molecule has 0 bridgehead atoms. The molecule has 4 rings (SSSR count). The van der Waals surface area contributed by atoms with Gasteiger partial charge in [-0.05, 0) is 43.0 Å². The number of imidazole rings is 1. The first-order valence-corrected chi connectivity index (χ1v) is 7.63. The summed E-state index contributed by atoms with van der Waals surface area (Å²) in [4.78, 5) is 15.5. The van der Waals surface area contributed by atoms with Crippen molar-refractivity contribution < 1.29 is 9.90 Å². The van der Waals surface area contributed by atoms with E-state index in [0.29, 0.717) is 0 Å². The maximum Gasteiger partial charge on any atom is 0.335 e. The fourth-order valence-electron chi connectivity index (χ4n) is 2.55. The van der Waals surface area contributed by atoms with Crippen LogP contribution in [0.2, 0.25) is 0 Å². The molecule has 0 radical (unpaired) electrons. The first-order valence-electron chi connectivity index (χ1n) is 7.63. The van der Waals surface area contributed by atoms with E-state index >= 15 is 0 Å². The van der Waals surface area contributed by atoms with E-state index < -0.39 is 5.97 Å². The van der Waals surface area contributed by atoms with Crippen LogP contribution in [0.25, 0.3) is 16.9 Å². The maximum atomic E-state index is 11.1. The monoisotopic (exact) mass is 308 g/mol. The third-order valence-corrected chi connectivity index (χ3v) is 4.04. The van der Waals surface area contributed by atoms with Crippen LogP contribution in [0.5, 0.6) is 0 Å². The Kier molecular flexibility index (Phi) is 3.22. The highest BCUT2D eigenvalue weighted by molar-refractivity contribution is 5.89. The Labute approximate surface area is 132 Å². The minimum atomic E-state index is -0.944. The van der Waals surface area contributed by atoms with E-state index in [2.05, 4.69) is 15.4 Å². The first kappa shape index (κ1) is 13.8. The van der Waals surface area contributed by atoms with E-state index in [1.807, 2.05) is 18.2 Å². The van der Waals surface area contributed by atoms with Crippen LogP contribution in [0.15, 0.2) is 42.6 Å². The number of carboxylic acids is 1. The number of anilines is 1. The molecule has 2 heterocycles. The first-order chi connectivity index (χ1) is 11.2. The molecule has 116 valence electrons. The van der Waals surface area contributed by atoms with Gasteiger partial charge < -0.3 is 10.4 Å². The average Bonchev–Trinajstić information content (AvgIpc) is 3.30. The summed E-state index contributed by atoms with van der Waals surface area (Å²) in [6.45, 7) is 0.942. The van der Waals surface area contributed by atoms with Crippen molar-refractivity contribution in [3.8, 4) is 11.3 Å². The van der Waals surface area contributed by atoms with Gasteiger partial charge in [0.25, 0.3) is 0 Å². The van der Waals surface area contributed by atoms with E-state index in [0.717, 1.165) is 35.2 Å². The van der Waals surface area contributed by atoms with Crippen molar-refractivity contribution in [2.75, 3.05) is 11.9 Å². The third kappa shape index (κ3) is 2.75. The lowest BCUT2D eigenvalue weighted by Crippen LogP contribution is -2.07. The van der Waals surface area contributed by atoms with Crippen LogP contribution in [0.3, 0.4) is 0 Å². The largest absolute Gasteiger partial charge is 0.478 e. The molecule has 0 spiro atoms. The predicted molar refractivity (Wildman–Crippen MR) is 86.6 cm³/mol. The molecule has 0 unspecified atom stereocenters. The fourth-order valence-corrected chi connectivity index (χ4v) is 2.55. The van der Waals surface area contributed by atoms with Crippen molar-refractivity contribution in [3.63, 3.8) is 0 Å². The van der Waals surface area contributed by atoms with Crippen LogP contribution in [-0.4, -0.2) is 32.2 Å². The Morgan fingerprint density at radius 1 is 1.30 bits per heavy atom. The second-order valence-corrected chi connectivity index (χ2v) is 5.84. The minimum Gasteiger partial charge on any atom is -0.478 e. The highest BCUT2D eigenvalue weighted by Crippen LogP contribution is 2.29. The van der Waals surface area contributed by atoms with Crippen LogP contribution in [0.1, 0.15) is 23.2 Å². The molecule has 1 aliphatic carbocycles. The molecule has 6 nitrogen and oxygen atoms in total. The van der Waals surface area contributed by atoms with E-state index in [9.17, 15) is 4.79 Å². The summed E-state index contributed by atoms with van der Waals surface area (Å²) in [6.07, 6.45) is 4.29. The van der Waals surface area contributed by atoms with Gasteiger partial charge in [-0.3, -0.25) is 0 Å². The number of aromatic carboxylic acids is 1. The number of carboxylic acid groups (broad SMARTS) is 1. The van der Waals surface area contributed by atoms with Crippen LogP contribution in [0, 0.1) is 5.92 Å². The number of aromatic nitrogens is 3. The summed E-state index contributed by atoms with van der Waals surface area (Å²) in [5, 5.41) is 17.1. The molecule has 0 atom stereocenters. The van der Waals surface area contributed by atoms with Crippen molar-refractivity contribution in [3.05, 3.63) is 48.2 Å². The number of nitrogens with one attached hydrogen (secondary N) is 1.